The number of nitrogens with one attached hydrogen (secondary N) is 1. The van der Waals surface area contributed by atoms with Crippen molar-refractivity contribution < 1.29 is 9.50 Å². The lowest BCUT2D eigenvalue weighted by atomic mass is 10.1. The van der Waals surface area contributed by atoms with E-state index in [1.807, 2.05) is 30.3 Å². The summed E-state index contributed by atoms with van der Waals surface area (Å²) in [4.78, 5) is 1.55. The third kappa shape index (κ3) is 4.42. The molecule has 0 amide bonds. The molecule has 0 saturated carbocycles. The molecule has 5 nitrogen and oxygen atoms in total. The van der Waals surface area contributed by atoms with Crippen molar-refractivity contribution in [2.75, 3.05) is 13.2 Å². The summed E-state index contributed by atoms with van der Waals surface area (Å²) in [6.45, 7) is 1.37. The van der Waals surface area contributed by atoms with Crippen LogP contribution in [-0.4, -0.2) is 33.3 Å². The molecule has 1 aromatic heterocycles. The fraction of sp³-hybridized carbons (Fsp3) is 0.222. The molecule has 25 heavy (non-hydrogen) atoms. The smallest absolute Gasteiger partial charge is 0.124 e. The maximum absolute atomic E-state index is 13.2. The molecule has 3 aromatic rings. The Labute approximate surface area is 150 Å². The first-order valence-electron chi connectivity index (χ1n) is 7.92. The summed E-state index contributed by atoms with van der Waals surface area (Å²) < 4.78 is 13.2. The van der Waals surface area contributed by atoms with Crippen LogP contribution in [0.25, 0.3) is 11.3 Å². The molecular weight excluding hydrogens is 343 g/mol. The van der Waals surface area contributed by atoms with E-state index in [0.29, 0.717) is 24.7 Å². The molecule has 0 atom stereocenters. The fourth-order valence-electron chi connectivity index (χ4n) is 2.48. The third-order valence-corrected chi connectivity index (χ3v) is 4.03. The maximum atomic E-state index is 13.2. The standard InChI is InChI=1S/C18H18ClFN4O/c19-16-10-15(20)7-6-14(16)12-24-22-17(11-21-8-9-25)18(23-24)13-4-2-1-3-5-13/h1-7,10,21,25H,8-9,11-12H2. The van der Waals surface area contributed by atoms with E-state index in [4.69, 9.17) is 16.7 Å². The number of aromatic nitrogens is 3. The van der Waals surface area contributed by atoms with Crippen LogP contribution in [0.15, 0.2) is 48.5 Å². The van der Waals surface area contributed by atoms with Gasteiger partial charge in [-0.25, -0.2) is 4.39 Å². The van der Waals surface area contributed by atoms with Gasteiger partial charge >= 0.3 is 0 Å². The van der Waals surface area contributed by atoms with Crippen LogP contribution in [0.4, 0.5) is 4.39 Å². The largest absolute Gasteiger partial charge is 0.395 e. The van der Waals surface area contributed by atoms with Crippen LogP contribution >= 0.6 is 11.6 Å². The van der Waals surface area contributed by atoms with Gasteiger partial charge in [0.15, 0.2) is 0 Å². The third-order valence-electron chi connectivity index (χ3n) is 3.68. The average molecular weight is 361 g/mol. The van der Waals surface area contributed by atoms with Crippen LogP contribution in [0, 0.1) is 5.82 Å². The first-order valence-corrected chi connectivity index (χ1v) is 8.30. The first-order chi connectivity index (χ1) is 12.2. The Bertz CT molecular complexity index is 838. The van der Waals surface area contributed by atoms with Crippen LogP contribution in [0.2, 0.25) is 5.02 Å². The van der Waals surface area contributed by atoms with Crippen LogP contribution in [0.3, 0.4) is 0 Å². The Morgan fingerprint density at radius 1 is 1.12 bits per heavy atom. The molecule has 0 aliphatic heterocycles. The van der Waals surface area contributed by atoms with E-state index < -0.39 is 0 Å². The summed E-state index contributed by atoms with van der Waals surface area (Å²) >= 11 is 6.10. The van der Waals surface area contributed by atoms with Gasteiger partial charge in [-0.15, -0.1) is 0 Å². The normalized spacial score (nSPS) is 11.0. The highest BCUT2D eigenvalue weighted by Crippen LogP contribution is 2.22. The molecule has 3 rings (SSSR count). The fourth-order valence-corrected chi connectivity index (χ4v) is 2.71. The van der Waals surface area contributed by atoms with Gasteiger partial charge in [-0.05, 0) is 17.7 Å². The number of aliphatic hydroxyl groups is 1. The molecule has 0 saturated heterocycles. The minimum Gasteiger partial charge on any atom is -0.395 e. The van der Waals surface area contributed by atoms with Gasteiger partial charge in [0.2, 0.25) is 0 Å². The molecule has 1 heterocycles. The molecular formula is C18H18ClFN4O. The summed E-state index contributed by atoms with van der Waals surface area (Å²) in [5, 5.41) is 21.5. The SMILES string of the molecule is OCCNCc1nn(Cc2ccc(F)cc2Cl)nc1-c1ccccc1. The van der Waals surface area contributed by atoms with E-state index in [1.165, 1.54) is 12.1 Å². The highest BCUT2D eigenvalue weighted by molar-refractivity contribution is 6.31. The number of hydrogen-bond donors (Lipinski definition) is 2. The summed E-state index contributed by atoms with van der Waals surface area (Å²) in [7, 11) is 0. The minimum atomic E-state index is -0.374. The van der Waals surface area contributed by atoms with E-state index in [2.05, 4.69) is 15.5 Å². The molecule has 0 aliphatic rings. The van der Waals surface area contributed by atoms with Gasteiger partial charge < -0.3 is 10.4 Å². The van der Waals surface area contributed by atoms with Gasteiger partial charge in [-0.2, -0.15) is 15.0 Å². The van der Waals surface area contributed by atoms with Crippen molar-refractivity contribution in [2.45, 2.75) is 13.1 Å². The van der Waals surface area contributed by atoms with Gasteiger partial charge in [-0.1, -0.05) is 48.0 Å². The van der Waals surface area contributed by atoms with Crippen LogP contribution in [-0.2, 0) is 13.1 Å². The zero-order valence-corrected chi connectivity index (χ0v) is 14.2. The summed E-state index contributed by atoms with van der Waals surface area (Å²) in [5.74, 6) is -0.374. The first kappa shape index (κ1) is 17.5. The lowest BCUT2D eigenvalue weighted by Crippen LogP contribution is -2.18. The Morgan fingerprint density at radius 2 is 1.92 bits per heavy atom. The molecule has 0 unspecified atom stereocenters. The average Bonchev–Trinajstić information content (AvgIpc) is 3.01. The Morgan fingerprint density at radius 3 is 2.64 bits per heavy atom. The molecule has 0 bridgehead atoms. The molecule has 0 fully saturated rings. The second-order valence-electron chi connectivity index (χ2n) is 5.53. The molecule has 0 aliphatic carbocycles. The lowest BCUT2D eigenvalue weighted by molar-refractivity contribution is 0.291. The van der Waals surface area contributed by atoms with Crippen molar-refractivity contribution in [1.29, 1.82) is 0 Å². The molecule has 0 spiro atoms. The van der Waals surface area contributed by atoms with E-state index in [-0.39, 0.29) is 12.4 Å². The Kier molecular flexibility index (Phi) is 5.75. The van der Waals surface area contributed by atoms with Gasteiger partial charge in [0, 0.05) is 23.7 Å². The summed E-state index contributed by atoms with van der Waals surface area (Å²) in [6, 6.07) is 14.0. The summed E-state index contributed by atoms with van der Waals surface area (Å²) in [5.41, 5.74) is 3.24. The predicted octanol–water partition coefficient (Wildman–Crippen LogP) is 2.87. The lowest BCUT2D eigenvalue weighted by Gasteiger charge is -2.03. The number of rotatable bonds is 7. The quantitative estimate of drug-likeness (QED) is 0.636. The topological polar surface area (TPSA) is 63.0 Å². The maximum Gasteiger partial charge on any atom is 0.124 e. The van der Waals surface area contributed by atoms with Crippen molar-refractivity contribution >= 4 is 11.6 Å². The van der Waals surface area contributed by atoms with Crippen molar-refractivity contribution in [3.05, 3.63) is 70.6 Å². The second-order valence-corrected chi connectivity index (χ2v) is 5.94. The van der Waals surface area contributed by atoms with E-state index in [1.54, 1.807) is 10.9 Å². The molecule has 2 N–H and O–H groups in total. The van der Waals surface area contributed by atoms with Crippen molar-refractivity contribution in [2.24, 2.45) is 0 Å². The molecule has 2 aromatic carbocycles. The molecule has 7 heteroatoms. The van der Waals surface area contributed by atoms with Crippen LogP contribution in [0.1, 0.15) is 11.3 Å². The van der Waals surface area contributed by atoms with Crippen molar-refractivity contribution in [3.63, 3.8) is 0 Å². The number of nitrogens with zero attached hydrogens (tertiary/aromatic N) is 3. The Hall–Kier alpha value is -2.28. The zero-order valence-electron chi connectivity index (χ0n) is 13.5. The molecule has 0 radical (unpaired) electrons. The number of benzene rings is 2. The van der Waals surface area contributed by atoms with E-state index in [0.717, 1.165) is 22.5 Å². The highest BCUT2D eigenvalue weighted by atomic mass is 35.5. The number of halogens is 2. The van der Waals surface area contributed by atoms with E-state index in [9.17, 15) is 4.39 Å². The van der Waals surface area contributed by atoms with Crippen LogP contribution in [0.5, 0.6) is 0 Å². The van der Waals surface area contributed by atoms with Gasteiger partial charge in [0.1, 0.15) is 17.2 Å². The van der Waals surface area contributed by atoms with E-state index >= 15 is 0 Å². The highest BCUT2D eigenvalue weighted by Gasteiger charge is 2.14. The molecule has 130 valence electrons. The van der Waals surface area contributed by atoms with Gasteiger partial charge in [-0.3, -0.25) is 0 Å². The second kappa shape index (κ2) is 8.20. The summed E-state index contributed by atoms with van der Waals surface area (Å²) in [6.07, 6.45) is 0. The van der Waals surface area contributed by atoms with Crippen molar-refractivity contribution in [1.82, 2.24) is 20.3 Å². The zero-order chi connectivity index (χ0) is 17.6. The van der Waals surface area contributed by atoms with Crippen molar-refractivity contribution in [3.8, 4) is 11.3 Å². The predicted molar refractivity (Wildman–Crippen MR) is 94.8 cm³/mol. The number of hydrogen-bond acceptors (Lipinski definition) is 4. The van der Waals surface area contributed by atoms with Crippen LogP contribution < -0.4 is 5.32 Å². The number of aliphatic hydroxyl groups excluding tert-OH is 1. The van der Waals surface area contributed by atoms with Gasteiger partial charge in [0.05, 0.1) is 13.2 Å². The van der Waals surface area contributed by atoms with Gasteiger partial charge in [0.25, 0.3) is 0 Å². The minimum absolute atomic E-state index is 0.0556. The monoisotopic (exact) mass is 360 g/mol. The Balaban J connectivity index is 1.89.